The molecule has 0 saturated heterocycles. The molecular weight excluding hydrogens is 148 g/mol. The average molecular weight is 156 g/mol. The lowest BCUT2D eigenvalue weighted by Crippen LogP contribution is -1.84. The van der Waals surface area contributed by atoms with Gasteiger partial charge in [0.05, 0.1) is 0 Å². The predicted molar refractivity (Wildman–Crippen MR) is 38.7 cm³/mol. The van der Waals surface area contributed by atoms with Crippen LogP contribution in [-0.2, 0) is 0 Å². The minimum absolute atomic E-state index is 0.0341. The minimum Gasteiger partial charge on any atom is -0.225 e. The molecule has 0 aromatic carbocycles. The van der Waals surface area contributed by atoms with Crippen molar-refractivity contribution in [3.05, 3.63) is 28.5 Å². The topological polar surface area (TPSA) is 36.7 Å². The molecule has 1 aromatic heterocycles. The zero-order valence-electron chi connectivity index (χ0n) is 7.93. The molecule has 0 radical (unpaired) electrons. The van der Waals surface area contributed by atoms with E-state index in [9.17, 15) is 0 Å². The number of nitrogens with zero attached hydrogens (tertiary/aromatic N) is 2. The summed E-state index contributed by atoms with van der Waals surface area (Å²) in [5.41, 5.74) is 0.0752. The highest BCUT2D eigenvalue weighted by molar-refractivity contribution is 6.30. The van der Waals surface area contributed by atoms with E-state index in [1.165, 1.54) is 12.1 Å². The molecule has 10 heavy (non-hydrogen) atoms. The van der Waals surface area contributed by atoms with E-state index in [1.54, 1.807) is 6.07 Å². The van der Waals surface area contributed by atoms with Crippen LogP contribution in [-0.4, -0.2) is 4.98 Å². The van der Waals surface area contributed by atoms with Crippen molar-refractivity contribution in [3.63, 3.8) is 0 Å². The van der Waals surface area contributed by atoms with Crippen LogP contribution in [0, 0.1) is 18.2 Å². The average Bonchev–Trinajstić information content (AvgIpc) is 2.01. The van der Waals surface area contributed by atoms with Crippen molar-refractivity contribution in [1.29, 1.82) is 5.26 Å². The third-order valence-electron chi connectivity index (χ3n) is 0.963. The van der Waals surface area contributed by atoms with Gasteiger partial charge in [-0.25, -0.2) is 4.98 Å². The van der Waals surface area contributed by atoms with Gasteiger partial charge in [0.2, 0.25) is 0 Å². The molecule has 0 bridgehead atoms. The van der Waals surface area contributed by atoms with Gasteiger partial charge in [0.15, 0.2) is 0 Å². The lowest BCUT2D eigenvalue weighted by Gasteiger charge is -1.93. The Morgan fingerprint density at radius 1 is 1.80 bits per heavy atom. The lowest BCUT2D eigenvalue weighted by molar-refractivity contribution is 1.22. The summed E-state index contributed by atoms with van der Waals surface area (Å²) in [4.78, 5) is 3.60. The number of halogens is 1. The van der Waals surface area contributed by atoms with Crippen molar-refractivity contribution in [2.75, 3.05) is 0 Å². The molecular formula is C7H5ClN2. The molecule has 50 valence electrons. The van der Waals surface area contributed by atoms with E-state index >= 15 is 0 Å². The number of rotatable bonds is 0. The smallest absolute Gasteiger partial charge is 0.142 e. The Hall–Kier alpha value is -1.07. The number of aromatic nitrogens is 1. The first-order chi connectivity index (χ1) is 5.95. The molecule has 0 aliphatic rings. The van der Waals surface area contributed by atoms with E-state index in [1.807, 2.05) is 0 Å². The molecule has 0 aliphatic heterocycles. The number of hydrogen-bond donors (Lipinski definition) is 0. The van der Waals surface area contributed by atoms with E-state index in [0.717, 1.165) is 0 Å². The van der Waals surface area contributed by atoms with Crippen LogP contribution >= 0.6 is 11.6 Å². The van der Waals surface area contributed by atoms with Crippen LogP contribution in [0.3, 0.4) is 0 Å². The molecule has 0 unspecified atom stereocenters. The van der Waals surface area contributed by atoms with Crippen LogP contribution in [0.1, 0.15) is 15.4 Å². The molecule has 0 fully saturated rings. The van der Waals surface area contributed by atoms with Gasteiger partial charge in [-0.2, -0.15) is 5.26 Å². The summed E-state index contributed by atoms with van der Waals surface area (Å²) in [5.74, 6) is 0. The quantitative estimate of drug-likeness (QED) is 0.537. The first-order valence-electron chi connectivity index (χ1n) is 4.02. The molecule has 0 saturated carbocycles. The third kappa shape index (κ3) is 1.26. The fraction of sp³-hybridized carbons (Fsp3) is 0.143. The van der Waals surface area contributed by atoms with Crippen LogP contribution in [0.2, 0.25) is 5.15 Å². The van der Waals surface area contributed by atoms with E-state index in [2.05, 4.69) is 4.98 Å². The maximum Gasteiger partial charge on any atom is 0.142 e. The number of nitriles is 1. The SMILES string of the molecule is [2H]C([2H])([2H])c1ccc(C#N)nc1Cl. The van der Waals surface area contributed by atoms with Crippen LogP contribution in [0.15, 0.2) is 12.1 Å². The largest absolute Gasteiger partial charge is 0.225 e. The van der Waals surface area contributed by atoms with Crippen LogP contribution in [0.5, 0.6) is 0 Å². The van der Waals surface area contributed by atoms with Gasteiger partial charge in [-0.1, -0.05) is 17.7 Å². The summed E-state index contributed by atoms with van der Waals surface area (Å²) in [6.45, 7) is -2.28. The maximum atomic E-state index is 8.44. The van der Waals surface area contributed by atoms with Crippen molar-refractivity contribution in [2.45, 2.75) is 6.85 Å². The lowest BCUT2D eigenvalue weighted by atomic mass is 10.3. The van der Waals surface area contributed by atoms with Crippen LogP contribution < -0.4 is 0 Å². The Bertz CT molecular complexity index is 367. The van der Waals surface area contributed by atoms with Crippen molar-refractivity contribution < 1.29 is 4.11 Å². The second-order valence-corrected chi connectivity index (χ2v) is 2.00. The van der Waals surface area contributed by atoms with Gasteiger partial charge in [0.25, 0.3) is 0 Å². The molecule has 2 nitrogen and oxygen atoms in total. The standard InChI is InChI=1S/C7H5ClN2/c1-5-2-3-6(4-9)10-7(5)8/h2-3H,1H3/i1D3. The van der Waals surface area contributed by atoms with Gasteiger partial charge in [0, 0.05) is 4.11 Å². The van der Waals surface area contributed by atoms with Gasteiger partial charge >= 0.3 is 0 Å². The van der Waals surface area contributed by atoms with E-state index in [0.29, 0.717) is 0 Å². The van der Waals surface area contributed by atoms with Crippen molar-refractivity contribution in [3.8, 4) is 6.07 Å². The van der Waals surface area contributed by atoms with Gasteiger partial charge in [-0.15, -0.1) is 0 Å². The Labute approximate surface area is 68.3 Å². The second-order valence-electron chi connectivity index (χ2n) is 1.65. The van der Waals surface area contributed by atoms with Gasteiger partial charge in [-0.05, 0) is 18.5 Å². The molecule has 3 heteroatoms. The maximum absolute atomic E-state index is 8.44. The molecule has 1 aromatic rings. The van der Waals surface area contributed by atoms with Crippen molar-refractivity contribution >= 4 is 11.6 Å². The molecule has 1 rings (SSSR count). The van der Waals surface area contributed by atoms with Crippen molar-refractivity contribution in [2.24, 2.45) is 0 Å². The monoisotopic (exact) mass is 155 g/mol. The van der Waals surface area contributed by atoms with Crippen LogP contribution in [0.4, 0.5) is 0 Å². The zero-order chi connectivity index (χ0) is 10.1. The van der Waals surface area contributed by atoms with Gasteiger partial charge in [-0.3, -0.25) is 0 Å². The first kappa shape index (κ1) is 3.95. The van der Waals surface area contributed by atoms with Crippen LogP contribution in [0.25, 0.3) is 0 Å². The number of pyridine rings is 1. The fourth-order valence-corrected chi connectivity index (χ4v) is 0.651. The Morgan fingerprint density at radius 2 is 2.60 bits per heavy atom. The Balaban J connectivity index is 3.23. The highest BCUT2D eigenvalue weighted by Crippen LogP contribution is 2.10. The second kappa shape index (κ2) is 2.68. The first-order valence-corrected chi connectivity index (χ1v) is 2.90. The summed E-state index contributed by atoms with van der Waals surface area (Å²) >= 11 is 5.57. The van der Waals surface area contributed by atoms with E-state index in [4.69, 9.17) is 21.0 Å². The van der Waals surface area contributed by atoms with E-state index in [-0.39, 0.29) is 16.4 Å². The molecule has 1 heterocycles. The van der Waals surface area contributed by atoms with Gasteiger partial charge in [0.1, 0.15) is 16.9 Å². The Morgan fingerprint density at radius 3 is 3.10 bits per heavy atom. The predicted octanol–water partition coefficient (Wildman–Crippen LogP) is 1.92. The summed E-state index contributed by atoms with van der Waals surface area (Å²) < 4.78 is 21.2. The van der Waals surface area contributed by atoms with Crippen molar-refractivity contribution in [1.82, 2.24) is 4.98 Å². The zero-order valence-corrected chi connectivity index (χ0v) is 5.68. The normalized spacial score (nSPS) is 14.6. The molecule has 0 N–H and O–H groups in total. The molecule has 0 atom stereocenters. The molecule has 0 spiro atoms. The third-order valence-corrected chi connectivity index (χ3v) is 1.25. The molecule has 0 amide bonds. The fourth-order valence-electron chi connectivity index (χ4n) is 0.497. The minimum atomic E-state index is -2.28. The summed E-state index contributed by atoms with van der Waals surface area (Å²) in [6, 6.07) is 4.39. The number of aryl methyl sites for hydroxylation is 1. The van der Waals surface area contributed by atoms with E-state index < -0.39 is 6.85 Å². The Kier molecular flexibility index (Phi) is 1.06. The van der Waals surface area contributed by atoms with Gasteiger partial charge < -0.3 is 0 Å². The summed E-state index contributed by atoms with van der Waals surface area (Å²) in [7, 11) is 0. The highest BCUT2D eigenvalue weighted by Gasteiger charge is 1.96. The summed E-state index contributed by atoms with van der Waals surface area (Å²) in [6.07, 6.45) is 0. The summed E-state index contributed by atoms with van der Waals surface area (Å²) in [5, 5.41) is 8.30. The number of hydrogen-bond acceptors (Lipinski definition) is 2. The highest BCUT2D eigenvalue weighted by atomic mass is 35.5. The molecule has 0 aliphatic carbocycles.